The van der Waals surface area contributed by atoms with E-state index in [2.05, 4.69) is 41.8 Å². The zero-order valence-electron chi connectivity index (χ0n) is 9.87. The van der Waals surface area contributed by atoms with Gasteiger partial charge in [0.1, 0.15) is 11.0 Å². The quantitative estimate of drug-likeness (QED) is 0.482. The molecule has 100 valence electrons. The topological polar surface area (TPSA) is 25.8 Å². The molecule has 0 saturated carbocycles. The minimum Gasteiger partial charge on any atom is -0.227 e. The van der Waals surface area contributed by atoms with Crippen molar-refractivity contribution in [2.75, 3.05) is 0 Å². The normalized spacial score (nSPS) is 11.0. The van der Waals surface area contributed by atoms with Crippen LogP contribution in [0.4, 0.5) is 4.39 Å². The summed E-state index contributed by atoms with van der Waals surface area (Å²) in [7, 11) is 0. The number of hydrogen-bond acceptors (Lipinski definition) is 2. The van der Waals surface area contributed by atoms with Crippen molar-refractivity contribution >= 4 is 54.4 Å². The van der Waals surface area contributed by atoms with E-state index >= 15 is 0 Å². The summed E-state index contributed by atoms with van der Waals surface area (Å²) in [6.07, 6.45) is 0. The first-order chi connectivity index (χ1) is 9.54. The van der Waals surface area contributed by atoms with Crippen molar-refractivity contribution in [1.29, 1.82) is 0 Å². The molecule has 0 fully saturated rings. The van der Waals surface area contributed by atoms with E-state index in [1.807, 2.05) is 12.1 Å². The summed E-state index contributed by atoms with van der Waals surface area (Å²) in [6, 6.07) is 9.73. The van der Waals surface area contributed by atoms with Crippen molar-refractivity contribution in [2.45, 2.75) is 0 Å². The van der Waals surface area contributed by atoms with Gasteiger partial charge in [-0.2, -0.15) is 0 Å². The minimum atomic E-state index is -0.300. The Morgan fingerprint density at radius 2 is 1.70 bits per heavy atom. The second-order valence-corrected chi connectivity index (χ2v) is 6.26. The summed E-state index contributed by atoms with van der Waals surface area (Å²) < 4.78 is 14.7. The largest absolute Gasteiger partial charge is 0.227 e. The summed E-state index contributed by atoms with van der Waals surface area (Å²) in [4.78, 5) is 8.76. The Morgan fingerprint density at radius 3 is 2.40 bits per heavy atom. The Labute approximate surface area is 136 Å². The molecule has 0 bridgehead atoms. The molecule has 20 heavy (non-hydrogen) atoms. The highest BCUT2D eigenvalue weighted by molar-refractivity contribution is 9.11. The van der Waals surface area contributed by atoms with Gasteiger partial charge < -0.3 is 0 Å². The van der Waals surface area contributed by atoms with Crippen LogP contribution >= 0.6 is 43.5 Å². The molecule has 0 amide bonds. The van der Waals surface area contributed by atoms with Gasteiger partial charge in [0.15, 0.2) is 5.82 Å². The first-order valence-corrected chi connectivity index (χ1v) is 7.59. The maximum atomic E-state index is 13.0. The fraction of sp³-hybridized carbons (Fsp3) is 0. The first-order valence-electron chi connectivity index (χ1n) is 5.63. The third-order valence-electron chi connectivity index (χ3n) is 2.77. The van der Waals surface area contributed by atoms with Gasteiger partial charge in [-0.05, 0) is 52.3 Å². The number of fused-ring (bicyclic) bond motifs is 1. The van der Waals surface area contributed by atoms with E-state index in [1.165, 1.54) is 12.1 Å². The molecule has 0 saturated heterocycles. The predicted molar refractivity (Wildman–Crippen MR) is 85.3 cm³/mol. The van der Waals surface area contributed by atoms with Crippen LogP contribution in [0.15, 0.2) is 45.3 Å². The highest BCUT2D eigenvalue weighted by atomic mass is 79.9. The van der Waals surface area contributed by atoms with Gasteiger partial charge in [-0.3, -0.25) is 0 Å². The molecule has 0 unspecified atom stereocenters. The molecule has 1 heterocycles. The maximum Gasteiger partial charge on any atom is 0.161 e. The van der Waals surface area contributed by atoms with Crippen LogP contribution in [-0.2, 0) is 0 Å². The van der Waals surface area contributed by atoms with Crippen LogP contribution in [0, 0.1) is 5.82 Å². The van der Waals surface area contributed by atoms with E-state index < -0.39 is 0 Å². The lowest BCUT2D eigenvalue weighted by atomic mass is 10.2. The van der Waals surface area contributed by atoms with Crippen molar-refractivity contribution in [3.05, 3.63) is 56.3 Å². The molecule has 1 aromatic heterocycles. The van der Waals surface area contributed by atoms with Gasteiger partial charge in [-0.1, -0.05) is 27.5 Å². The smallest absolute Gasteiger partial charge is 0.161 e. The standard InChI is InChI=1S/C14H6Br2ClFN2/c15-8-5-10-12(11(16)6-8)19-14(20-13(10)17)7-1-3-9(18)4-2-7/h1-6H. The van der Waals surface area contributed by atoms with Gasteiger partial charge in [0.25, 0.3) is 0 Å². The Morgan fingerprint density at radius 1 is 1.00 bits per heavy atom. The van der Waals surface area contributed by atoms with Gasteiger partial charge in [0.05, 0.1) is 5.52 Å². The third kappa shape index (κ3) is 2.57. The average Bonchev–Trinajstić information content (AvgIpc) is 2.40. The summed E-state index contributed by atoms with van der Waals surface area (Å²) >= 11 is 13.1. The van der Waals surface area contributed by atoms with Crippen molar-refractivity contribution in [1.82, 2.24) is 9.97 Å². The molecule has 0 radical (unpaired) electrons. The Bertz CT molecular complexity index is 806. The molecule has 6 heteroatoms. The van der Waals surface area contributed by atoms with E-state index in [-0.39, 0.29) is 5.82 Å². The molecular weight excluding hydrogens is 410 g/mol. The fourth-order valence-corrected chi connectivity index (χ4v) is 3.39. The molecule has 0 atom stereocenters. The van der Waals surface area contributed by atoms with Crippen LogP contribution in [0.2, 0.25) is 5.15 Å². The van der Waals surface area contributed by atoms with Gasteiger partial charge in [-0.25, -0.2) is 14.4 Å². The van der Waals surface area contributed by atoms with Crippen molar-refractivity contribution < 1.29 is 4.39 Å². The molecule has 0 spiro atoms. The predicted octanol–water partition coefficient (Wildman–Crippen LogP) is 5.61. The Balaban J connectivity index is 2.26. The third-order valence-corrected chi connectivity index (χ3v) is 4.13. The Hall–Kier alpha value is -1.04. The minimum absolute atomic E-state index is 0.300. The van der Waals surface area contributed by atoms with Crippen LogP contribution < -0.4 is 0 Å². The molecule has 2 nitrogen and oxygen atoms in total. The molecule has 0 aliphatic heterocycles. The van der Waals surface area contributed by atoms with E-state index in [0.29, 0.717) is 22.1 Å². The number of benzene rings is 2. The number of aromatic nitrogens is 2. The molecule has 0 aliphatic carbocycles. The summed E-state index contributed by atoms with van der Waals surface area (Å²) in [5.74, 6) is 0.163. The van der Waals surface area contributed by atoms with Crippen LogP contribution in [0.1, 0.15) is 0 Å². The summed E-state index contributed by atoms with van der Waals surface area (Å²) in [6.45, 7) is 0. The molecule has 3 aromatic rings. The number of rotatable bonds is 1. The molecule has 0 N–H and O–H groups in total. The van der Waals surface area contributed by atoms with Gasteiger partial charge >= 0.3 is 0 Å². The number of nitrogens with zero attached hydrogens (tertiary/aromatic N) is 2. The lowest BCUT2D eigenvalue weighted by molar-refractivity contribution is 0.628. The van der Waals surface area contributed by atoms with Crippen molar-refractivity contribution in [3.63, 3.8) is 0 Å². The SMILES string of the molecule is Fc1ccc(-c2nc(Cl)c3cc(Br)cc(Br)c3n2)cc1. The van der Waals surface area contributed by atoms with Crippen LogP contribution in [0.25, 0.3) is 22.3 Å². The highest BCUT2D eigenvalue weighted by Gasteiger charge is 2.11. The van der Waals surface area contributed by atoms with Gasteiger partial charge in [0.2, 0.25) is 0 Å². The lowest BCUT2D eigenvalue weighted by Crippen LogP contribution is -1.93. The van der Waals surface area contributed by atoms with E-state index in [9.17, 15) is 4.39 Å². The lowest BCUT2D eigenvalue weighted by Gasteiger charge is -2.07. The Kier molecular flexibility index (Phi) is 3.75. The van der Waals surface area contributed by atoms with E-state index in [0.717, 1.165) is 14.3 Å². The summed E-state index contributed by atoms with van der Waals surface area (Å²) in [5.41, 5.74) is 1.43. The van der Waals surface area contributed by atoms with Crippen LogP contribution in [0.5, 0.6) is 0 Å². The van der Waals surface area contributed by atoms with E-state index in [4.69, 9.17) is 11.6 Å². The van der Waals surface area contributed by atoms with Crippen LogP contribution in [-0.4, -0.2) is 9.97 Å². The molecule has 0 aliphatic rings. The molecule has 2 aromatic carbocycles. The van der Waals surface area contributed by atoms with Crippen molar-refractivity contribution in [2.24, 2.45) is 0 Å². The average molecular weight is 416 g/mol. The molecule has 3 rings (SSSR count). The second-order valence-electron chi connectivity index (χ2n) is 4.13. The van der Waals surface area contributed by atoms with E-state index in [1.54, 1.807) is 12.1 Å². The maximum absolute atomic E-state index is 13.0. The van der Waals surface area contributed by atoms with Crippen LogP contribution in [0.3, 0.4) is 0 Å². The zero-order valence-corrected chi connectivity index (χ0v) is 13.8. The first kappa shape index (κ1) is 13.9. The fourth-order valence-electron chi connectivity index (χ4n) is 1.85. The van der Waals surface area contributed by atoms with Gasteiger partial charge in [0, 0.05) is 19.9 Å². The monoisotopic (exact) mass is 414 g/mol. The molecular formula is C14H6Br2ClFN2. The van der Waals surface area contributed by atoms with Gasteiger partial charge in [-0.15, -0.1) is 0 Å². The number of halogens is 4. The highest BCUT2D eigenvalue weighted by Crippen LogP contribution is 2.32. The number of hydrogen-bond donors (Lipinski definition) is 0. The van der Waals surface area contributed by atoms with Crippen molar-refractivity contribution in [3.8, 4) is 11.4 Å². The second kappa shape index (κ2) is 5.39. The summed E-state index contributed by atoms with van der Waals surface area (Å²) in [5, 5.41) is 1.11. The zero-order chi connectivity index (χ0) is 14.3.